The Labute approximate surface area is 89.1 Å². The Balaban J connectivity index is 1.85. The lowest BCUT2D eigenvalue weighted by Crippen LogP contribution is -2.14. The summed E-state index contributed by atoms with van der Waals surface area (Å²) < 4.78 is 0. The number of nitrogens with one attached hydrogen (secondary N) is 2. The number of aromatic amines is 1. The van der Waals surface area contributed by atoms with E-state index >= 15 is 0 Å². The summed E-state index contributed by atoms with van der Waals surface area (Å²) >= 11 is 0. The summed E-state index contributed by atoms with van der Waals surface area (Å²) in [6, 6.07) is 1.55. The summed E-state index contributed by atoms with van der Waals surface area (Å²) in [6.07, 6.45) is 5.58. The molecule has 1 aromatic rings. The molecule has 0 radical (unpaired) electrons. The first kappa shape index (κ1) is 10.2. The van der Waals surface area contributed by atoms with Crippen LogP contribution < -0.4 is 10.9 Å². The standard InChI is InChI=1S/C11H17N3O/c1-8-2-3-9(4-8)6-12-10-5-11(15)14-13-7-10/h5,7-9H,2-4,6H2,1H3,(H2,12,14,15). The molecule has 0 bridgehead atoms. The molecule has 2 rings (SSSR count). The lowest BCUT2D eigenvalue weighted by molar-refractivity contribution is 0.537. The summed E-state index contributed by atoms with van der Waals surface area (Å²) in [6.45, 7) is 3.25. The summed E-state index contributed by atoms with van der Waals surface area (Å²) in [5, 5.41) is 9.37. The third-order valence-corrected chi connectivity index (χ3v) is 3.06. The van der Waals surface area contributed by atoms with Crippen molar-refractivity contribution in [1.29, 1.82) is 0 Å². The fraction of sp³-hybridized carbons (Fsp3) is 0.636. The van der Waals surface area contributed by atoms with Gasteiger partial charge in [0.05, 0.1) is 11.9 Å². The zero-order valence-corrected chi connectivity index (χ0v) is 8.99. The molecule has 1 aliphatic rings. The fourth-order valence-corrected chi connectivity index (χ4v) is 2.25. The first-order valence-corrected chi connectivity index (χ1v) is 5.52. The largest absolute Gasteiger partial charge is 0.383 e. The average Bonchev–Trinajstić information content (AvgIpc) is 2.62. The van der Waals surface area contributed by atoms with E-state index in [2.05, 4.69) is 22.4 Å². The van der Waals surface area contributed by atoms with Gasteiger partial charge in [-0.3, -0.25) is 4.79 Å². The van der Waals surface area contributed by atoms with Crippen LogP contribution in [0, 0.1) is 11.8 Å². The molecule has 2 unspecified atom stereocenters. The predicted molar refractivity (Wildman–Crippen MR) is 59.9 cm³/mol. The molecule has 1 saturated carbocycles. The SMILES string of the molecule is CC1CCC(CNc2cn[nH]c(=O)c2)C1. The molecule has 0 saturated heterocycles. The van der Waals surface area contributed by atoms with Gasteiger partial charge in [-0.1, -0.05) is 13.3 Å². The Hall–Kier alpha value is -1.32. The van der Waals surface area contributed by atoms with E-state index in [1.165, 1.54) is 19.3 Å². The van der Waals surface area contributed by atoms with Crippen molar-refractivity contribution in [3.05, 3.63) is 22.6 Å². The molecule has 0 aliphatic heterocycles. The third kappa shape index (κ3) is 2.81. The van der Waals surface area contributed by atoms with Crippen LogP contribution in [0.3, 0.4) is 0 Å². The predicted octanol–water partition coefficient (Wildman–Crippen LogP) is 1.62. The molecule has 1 aliphatic carbocycles. The van der Waals surface area contributed by atoms with Crippen molar-refractivity contribution in [2.75, 3.05) is 11.9 Å². The van der Waals surface area contributed by atoms with Gasteiger partial charge in [-0.05, 0) is 24.7 Å². The Morgan fingerprint density at radius 3 is 3.13 bits per heavy atom. The van der Waals surface area contributed by atoms with Gasteiger partial charge >= 0.3 is 0 Å². The molecule has 2 N–H and O–H groups in total. The maximum atomic E-state index is 11.0. The third-order valence-electron chi connectivity index (χ3n) is 3.06. The van der Waals surface area contributed by atoms with E-state index in [4.69, 9.17) is 0 Å². The molecule has 0 spiro atoms. The lowest BCUT2D eigenvalue weighted by Gasteiger charge is -2.11. The number of anilines is 1. The normalized spacial score (nSPS) is 25.4. The van der Waals surface area contributed by atoms with Gasteiger partial charge in [-0.15, -0.1) is 0 Å². The zero-order chi connectivity index (χ0) is 10.7. The molecule has 1 fully saturated rings. The highest BCUT2D eigenvalue weighted by molar-refractivity contribution is 5.38. The summed E-state index contributed by atoms with van der Waals surface area (Å²) in [5.74, 6) is 1.60. The second-order valence-corrected chi connectivity index (χ2v) is 4.50. The van der Waals surface area contributed by atoms with Crippen LogP contribution in [-0.2, 0) is 0 Å². The molecule has 4 nitrogen and oxygen atoms in total. The van der Waals surface area contributed by atoms with Crippen LogP contribution in [0.15, 0.2) is 17.1 Å². The van der Waals surface area contributed by atoms with Gasteiger partial charge in [0, 0.05) is 12.6 Å². The van der Waals surface area contributed by atoms with Crippen molar-refractivity contribution in [3.8, 4) is 0 Å². The number of nitrogens with zero attached hydrogens (tertiary/aromatic N) is 1. The second-order valence-electron chi connectivity index (χ2n) is 4.50. The van der Waals surface area contributed by atoms with Gasteiger partial charge in [0.2, 0.25) is 0 Å². The molecular weight excluding hydrogens is 190 g/mol. The van der Waals surface area contributed by atoms with Crippen molar-refractivity contribution in [1.82, 2.24) is 10.2 Å². The van der Waals surface area contributed by atoms with Gasteiger partial charge < -0.3 is 5.32 Å². The molecule has 1 heterocycles. The number of aromatic nitrogens is 2. The monoisotopic (exact) mass is 207 g/mol. The van der Waals surface area contributed by atoms with Crippen LogP contribution in [0.25, 0.3) is 0 Å². The molecule has 0 amide bonds. The Kier molecular flexibility index (Phi) is 3.04. The maximum Gasteiger partial charge on any atom is 0.266 e. The van der Waals surface area contributed by atoms with Gasteiger partial charge in [-0.25, -0.2) is 5.10 Å². The Bertz CT molecular complexity index is 374. The highest BCUT2D eigenvalue weighted by atomic mass is 16.1. The zero-order valence-electron chi connectivity index (χ0n) is 8.99. The van der Waals surface area contributed by atoms with Gasteiger partial charge in [0.15, 0.2) is 0 Å². The molecule has 15 heavy (non-hydrogen) atoms. The number of hydrogen-bond acceptors (Lipinski definition) is 3. The molecule has 82 valence electrons. The summed E-state index contributed by atoms with van der Waals surface area (Å²) in [4.78, 5) is 11.0. The van der Waals surface area contributed by atoms with Crippen molar-refractivity contribution >= 4 is 5.69 Å². The smallest absolute Gasteiger partial charge is 0.266 e. The highest BCUT2D eigenvalue weighted by Gasteiger charge is 2.20. The minimum absolute atomic E-state index is 0.153. The van der Waals surface area contributed by atoms with Crippen molar-refractivity contribution in [2.24, 2.45) is 11.8 Å². The molecule has 1 aromatic heterocycles. The van der Waals surface area contributed by atoms with E-state index in [1.807, 2.05) is 0 Å². The Morgan fingerprint density at radius 2 is 2.47 bits per heavy atom. The van der Waals surface area contributed by atoms with Crippen LogP contribution in [0.2, 0.25) is 0 Å². The fourth-order valence-electron chi connectivity index (χ4n) is 2.25. The second kappa shape index (κ2) is 4.47. The highest BCUT2D eigenvalue weighted by Crippen LogP contribution is 2.30. The first-order chi connectivity index (χ1) is 7.24. The maximum absolute atomic E-state index is 11.0. The molecule has 4 heteroatoms. The van der Waals surface area contributed by atoms with E-state index < -0.39 is 0 Å². The van der Waals surface area contributed by atoms with Crippen molar-refractivity contribution in [2.45, 2.75) is 26.2 Å². The molecule has 0 aromatic carbocycles. The van der Waals surface area contributed by atoms with Gasteiger partial charge in [0.25, 0.3) is 5.56 Å². The van der Waals surface area contributed by atoms with E-state index in [9.17, 15) is 4.79 Å². The van der Waals surface area contributed by atoms with Gasteiger partial charge in [0.1, 0.15) is 0 Å². The van der Waals surface area contributed by atoms with Crippen molar-refractivity contribution < 1.29 is 0 Å². The number of hydrogen-bond donors (Lipinski definition) is 2. The van der Waals surface area contributed by atoms with E-state index in [-0.39, 0.29) is 5.56 Å². The van der Waals surface area contributed by atoms with Crippen LogP contribution in [0.5, 0.6) is 0 Å². The first-order valence-electron chi connectivity index (χ1n) is 5.52. The average molecular weight is 207 g/mol. The topological polar surface area (TPSA) is 57.8 Å². The summed E-state index contributed by atoms with van der Waals surface area (Å²) in [7, 11) is 0. The van der Waals surface area contributed by atoms with Crippen LogP contribution >= 0.6 is 0 Å². The summed E-state index contributed by atoms with van der Waals surface area (Å²) in [5.41, 5.74) is 0.665. The molecule has 2 atom stereocenters. The lowest BCUT2D eigenvalue weighted by atomic mass is 10.1. The van der Waals surface area contributed by atoms with E-state index in [0.29, 0.717) is 0 Å². The van der Waals surface area contributed by atoms with Crippen LogP contribution in [0.4, 0.5) is 5.69 Å². The quantitative estimate of drug-likeness (QED) is 0.791. The minimum atomic E-state index is -0.153. The van der Waals surface area contributed by atoms with Gasteiger partial charge in [-0.2, -0.15) is 5.10 Å². The van der Waals surface area contributed by atoms with E-state index in [0.717, 1.165) is 24.1 Å². The van der Waals surface area contributed by atoms with E-state index in [1.54, 1.807) is 12.3 Å². The van der Waals surface area contributed by atoms with Crippen molar-refractivity contribution in [3.63, 3.8) is 0 Å². The molecular formula is C11H17N3O. The van der Waals surface area contributed by atoms with Crippen LogP contribution in [-0.4, -0.2) is 16.7 Å². The minimum Gasteiger partial charge on any atom is -0.383 e. The number of H-pyrrole nitrogens is 1. The van der Waals surface area contributed by atoms with Crippen LogP contribution in [0.1, 0.15) is 26.2 Å². The number of rotatable bonds is 3. The Morgan fingerprint density at radius 1 is 1.60 bits per heavy atom.